The lowest BCUT2D eigenvalue weighted by molar-refractivity contribution is 0.768. The van der Waals surface area contributed by atoms with Crippen LogP contribution >= 0.6 is 12.2 Å². The molecule has 88 valence electrons. The molecule has 2 unspecified atom stereocenters. The molecule has 0 bridgehead atoms. The Labute approximate surface area is 105 Å². The molecule has 2 atom stereocenters. The van der Waals surface area contributed by atoms with Gasteiger partial charge in [-0.2, -0.15) is 5.10 Å². The first-order chi connectivity index (χ1) is 8.13. The Morgan fingerprint density at radius 3 is 2.88 bits per heavy atom. The minimum atomic E-state index is 0.549. The van der Waals surface area contributed by atoms with Crippen LogP contribution < -0.4 is 0 Å². The van der Waals surface area contributed by atoms with Gasteiger partial charge in [-0.05, 0) is 18.4 Å². The van der Waals surface area contributed by atoms with Crippen molar-refractivity contribution in [1.82, 2.24) is 19.7 Å². The summed E-state index contributed by atoms with van der Waals surface area (Å²) in [4.78, 5) is 7.79. The Balaban J connectivity index is 2.05. The van der Waals surface area contributed by atoms with Gasteiger partial charge in [-0.1, -0.05) is 19.1 Å². The van der Waals surface area contributed by atoms with Crippen molar-refractivity contribution in [2.24, 2.45) is 13.0 Å². The average molecular weight is 246 g/mol. The molecule has 1 fully saturated rings. The van der Waals surface area contributed by atoms with Crippen molar-refractivity contribution < 1.29 is 0 Å². The van der Waals surface area contributed by atoms with Crippen LogP contribution in [0.3, 0.4) is 0 Å². The van der Waals surface area contributed by atoms with Gasteiger partial charge in [-0.15, -0.1) is 0 Å². The zero-order valence-electron chi connectivity index (χ0n) is 9.84. The molecule has 2 aromatic rings. The summed E-state index contributed by atoms with van der Waals surface area (Å²) >= 11 is 5.22. The maximum atomic E-state index is 5.22. The Kier molecular flexibility index (Phi) is 2.36. The quantitative estimate of drug-likeness (QED) is 0.829. The molecule has 1 aliphatic rings. The van der Waals surface area contributed by atoms with Gasteiger partial charge in [0.25, 0.3) is 0 Å². The van der Waals surface area contributed by atoms with Crippen LogP contribution in [0.15, 0.2) is 18.5 Å². The highest BCUT2D eigenvalue weighted by molar-refractivity contribution is 7.71. The van der Waals surface area contributed by atoms with E-state index < -0.39 is 0 Å². The van der Waals surface area contributed by atoms with Crippen molar-refractivity contribution in [2.45, 2.75) is 19.3 Å². The van der Waals surface area contributed by atoms with Gasteiger partial charge in [0.1, 0.15) is 10.5 Å². The van der Waals surface area contributed by atoms with E-state index in [0.717, 1.165) is 23.0 Å². The molecule has 0 amide bonds. The molecular formula is C12H14N4S. The standard InChI is InChI=1S/C12H14N4S/c1-7-3-9(7)12-14-10(4-11(17)15-12)8-5-13-16(2)6-8/h4-7,9H,3H2,1-2H3,(H,14,15,17). The molecule has 1 N–H and O–H groups in total. The summed E-state index contributed by atoms with van der Waals surface area (Å²) in [6, 6.07) is 1.89. The fraction of sp³-hybridized carbons (Fsp3) is 0.417. The molecule has 2 aromatic heterocycles. The third-order valence-corrected chi connectivity index (χ3v) is 3.45. The van der Waals surface area contributed by atoms with Gasteiger partial charge >= 0.3 is 0 Å². The van der Waals surface area contributed by atoms with Crippen LogP contribution in [0, 0.1) is 10.6 Å². The van der Waals surface area contributed by atoms with Crippen LogP contribution in [0.4, 0.5) is 0 Å². The zero-order valence-corrected chi connectivity index (χ0v) is 10.7. The molecule has 0 aromatic carbocycles. The summed E-state index contributed by atoms with van der Waals surface area (Å²) in [5, 5.41) is 4.17. The first-order valence-electron chi connectivity index (χ1n) is 5.74. The monoisotopic (exact) mass is 246 g/mol. The number of H-pyrrole nitrogens is 1. The van der Waals surface area contributed by atoms with E-state index in [4.69, 9.17) is 12.2 Å². The summed E-state index contributed by atoms with van der Waals surface area (Å²) in [6.45, 7) is 2.24. The number of aromatic nitrogens is 4. The molecule has 1 aliphatic carbocycles. The SMILES string of the molecule is CC1CC1c1nc(=S)cc(-c2cnn(C)c2)[nH]1. The van der Waals surface area contributed by atoms with Gasteiger partial charge in [0.15, 0.2) is 0 Å². The largest absolute Gasteiger partial charge is 0.343 e. The van der Waals surface area contributed by atoms with Gasteiger partial charge in [-0.25, -0.2) is 4.98 Å². The normalized spacial score (nSPS) is 22.7. The van der Waals surface area contributed by atoms with Crippen LogP contribution in [-0.4, -0.2) is 19.7 Å². The topological polar surface area (TPSA) is 46.5 Å². The second-order valence-corrected chi connectivity index (χ2v) is 5.16. The van der Waals surface area contributed by atoms with E-state index in [1.54, 1.807) is 4.68 Å². The predicted octanol–water partition coefficient (Wildman–Crippen LogP) is 2.66. The molecule has 3 rings (SSSR count). The second kappa shape index (κ2) is 3.77. The van der Waals surface area contributed by atoms with Gasteiger partial charge in [0.2, 0.25) is 0 Å². The molecule has 2 heterocycles. The third kappa shape index (κ3) is 2.02. The van der Waals surface area contributed by atoms with Gasteiger partial charge in [0, 0.05) is 24.7 Å². The smallest absolute Gasteiger partial charge is 0.130 e. The van der Waals surface area contributed by atoms with Crippen LogP contribution in [0.5, 0.6) is 0 Å². The zero-order chi connectivity index (χ0) is 12.0. The third-order valence-electron chi connectivity index (χ3n) is 3.24. The molecule has 4 nitrogen and oxygen atoms in total. The first-order valence-corrected chi connectivity index (χ1v) is 6.14. The van der Waals surface area contributed by atoms with Crippen molar-refractivity contribution in [3.8, 4) is 11.3 Å². The Morgan fingerprint density at radius 2 is 2.29 bits per heavy atom. The van der Waals surface area contributed by atoms with E-state index in [-0.39, 0.29) is 0 Å². The van der Waals surface area contributed by atoms with Crippen LogP contribution in [0.25, 0.3) is 11.3 Å². The second-order valence-electron chi connectivity index (χ2n) is 4.74. The van der Waals surface area contributed by atoms with E-state index in [0.29, 0.717) is 10.6 Å². The number of hydrogen-bond donors (Lipinski definition) is 1. The number of rotatable bonds is 2. The fourth-order valence-electron chi connectivity index (χ4n) is 2.07. The summed E-state index contributed by atoms with van der Waals surface area (Å²) < 4.78 is 2.43. The first kappa shape index (κ1) is 10.7. The summed E-state index contributed by atoms with van der Waals surface area (Å²) in [5.74, 6) is 2.29. The lowest BCUT2D eigenvalue weighted by atomic mass is 10.2. The Bertz CT molecular complexity index is 613. The highest BCUT2D eigenvalue weighted by Gasteiger charge is 2.36. The summed E-state index contributed by atoms with van der Waals surface area (Å²) in [5.41, 5.74) is 2.06. The molecule has 1 saturated carbocycles. The highest BCUT2D eigenvalue weighted by Crippen LogP contribution is 2.45. The van der Waals surface area contributed by atoms with E-state index >= 15 is 0 Å². The average Bonchev–Trinajstić information content (AvgIpc) is 2.84. The van der Waals surface area contributed by atoms with E-state index in [1.807, 2.05) is 25.5 Å². The fourth-order valence-corrected chi connectivity index (χ4v) is 2.29. The van der Waals surface area contributed by atoms with Crippen LogP contribution in [0.1, 0.15) is 25.1 Å². The van der Waals surface area contributed by atoms with E-state index in [1.165, 1.54) is 6.42 Å². The molecule has 5 heteroatoms. The lowest BCUT2D eigenvalue weighted by Gasteiger charge is -2.03. The van der Waals surface area contributed by atoms with Crippen molar-refractivity contribution in [3.05, 3.63) is 28.9 Å². The van der Waals surface area contributed by atoms with Gasteiger partial charge in [-0.3, -0.25) is 4.68 Å². The van der Waals surface area contributed by atoms with Crippen molar-refractivity contribution in [2.75, 3.05) is 0 Å². The number of aromatic amines is 1. The number of nitrogens with zero attached hydrogens (tertiary/aromatic N) is 3. The van der Waals surface area contributed by atoms with E-state index in [9.17, 15) is 0 Å². The van der Waals surface area contributed by atoms with Crippen LogP contribution in [-0.2, 0) is 7.05 Å². The Hall–Kier alpha value is -1.49. The predicted molar refractivity (Wildman–Crippen MR) is 68.1 cm³/mol. The maximum absolute atomic E-state index is 5.22. The van der Waals surface area contributed by atoms with Crippen molar-refractivity contribution in [3.63, 3.8) is 0 Å². The lowest BCUT2D eigenvalue weighted by Crippen LogP contribution is -1.96. The van der Waals surface area contributed by atoms with Gasteiger partial charge in [0.05, 0.1) is 11.9 Å². The molecule has 0 aliphatic heterocycles. The number of aryl methyl sites for hydroxylation is 1. The van der Waals surface area contributed by atoms with E-state index in [2.05, 4.69) is 22.0 Å². The Morgan fingerprint density at radius 1 is 1.53 bits per heavy atom. The van der Waals surface area contributed by atoms with Crippen LogP contribution in [0.2, 0.25) is 0 Å². The van der Waals surface area contributed by atoms with Crippen molar-refractivity contribution in [1.29, 1.82) is 0 Å². The maximum Gasteiger partial charge on any atom is 0.130 e. The summed E-state index contributed by atoms with van der Waals surface area (Å²) in [7, 11) is 1.91. The molecule has 17 heavy (non-hydrogen) atoms. The summed E-state index contributed by atoms with van der Waals surface area (Å²) in [6.07, 6.45) is 5.01. The molecule has 0 saturated heterocycles. The molecular weight excluding hydrogens is 232 g/mol. The highest BCUT2D eigenvalue weighted by atomic mass is 32.1. The minimum absolute atomic E-state index is 0.549. The molecule has 0 spiro atoms. The number of hydrogen-bond acceptors (Lipinski definition) is 3. The molecule has 0 radical (unpaired) electrons. The van der Waals surface area contributed by atoms with Crippen molar-refractivity contribution >= 4 is 12.2 Å². The number of nitrogens with one attached hydrogen (secondary N) is 1. The minimum Gasteiger partial charge on any atom is -0.343 e. The van der Waals surface area contributed by atoms with Gasteiger partial charge < -0.3 is 4.98 Å².